The Balaban J connectivity index is 2.41. The zero-order valence-corrected chi connectivity index (χ0v) is 11.5. The Kier molecular flexibility index (Phi) is 3.58. The lowest BCUT2D eigenvalue weighted by Gasteiger charge is -2.11. The van der Waals surface area contributed by atoms with Gasteiger partial charge in [0.25, 0.3) is 10.0 Å². The number of sulfonamides is 1. The zero-order chi connectivity index (χ0) is 15.8. The molecule has 1 aromatic carbocycles. The number of hydrogen-bond donors (Lipinski definition) is 2. The average molecular weight is 320 g/mol. The number of aromatic nitrogens is 2. The first-order chi connectivity index (χ1) is 9.61. The van der Waals surface area contributed by atoms with E-state index in [-0.39, 0.29) is 11.5 Å². The van der Waals surface area contributed by atoms with E-state index in [1.54, 1.807) is 0 Å². The molecule has 2 aromatic rings. The molecule has 0 saturated heterocycles. The fourth-order valence-electron chi connectivity index (χ4n) is 1.61. The molecule has 0 aliphatic rings. The molecule has 0 spiro atoms. The van der Waals surface area contributed by atoms with Gasteiger partial charge in [0.05, 0.1) is 22.3 Å². The van der Waals surface area contributed by atoms with Crippen LogP contribution in [0.5, 0.6) is 0 Å². The normalized spacial score (nSPS) is 12.4. The number of hydrogen-bond acceptors (Lipinski definition) is 4. The molecule has 0 amide bonds. The van der Waals surface area contributed by atoms with Crippen molar-refractivity contribution >= 4 is 21.5 Å². The molecule has 0 bridgehead atoms. The number of nitrogens with one attached hydrogen (secondary N) is 1. The van der Waals surface area contributed by atoms with E-state index in [9.17, 15) is 21.6 Å². The van der Waals surface area contributed by atoms with Crippen molar-refractivity contribution in [3.05, 3.63) is 36.0 Å². The molecule has 2 rings (SSSR count). The van der Waals surface area contributed by atoms with Gasteiger partial charge in [-0.05, 0) is 18.2 Å². The zero-order valence-electron chi connectivity index (χ0n) is 10.7. The van der Waals surface area contributed by atoms with Crippen LogP contribution in [-0.4, -0.2) is 18.2 Å². The van der Waals surface area contributed by atoms with Crippen LogP contribution in [0.25, 0.3) is 0 Å². The summed E-state index contributed by atoms with van der Waals surface area (Å²) < 4.78 is 65.3. The molecule has 0 saturated carbocycles. The number of alkyl halides is 3. The summed E-state index contributed by atoms with van der Waals surface area (Å²) in [7, 11) is -2.76. The summed E-state index contributed by atoms with van der Waals surface area (Å²) in [4.78, 5) is -0.516. The van der Waals surface area contributed by atoms with Crippen LogP contribution >= 0.6 is 0 Å². The highest BCUT2D eigenvalue weighted by molar-refractivity contribution is 7.92. The number of nitrogens with zero attached hydrogens (tertiary/aromatic N) is 2. The highest BCUT2D eigenvalue weighted by Gasteiger charge is 2.31. The summed E-state index contributed by atoms with van der Waals surface area (Å²) in [5.41, 5.74) is 4.55. The van der Waals surface area contributed by atoms with Crippen LogP contribution in [0.2, 0.25) is 0 Å². The molecule has 3 N–H and O–H groups in total. The first-order valence-corrected chi connectivity index (χ1v) is 7.07. The molecule has 1 aromatic heterocycles. The van der Waals surface area contributed by atoms with Gasteiger partial charge in [-0.1, -0.05) is 6.07 Å². The molecule has 114 valence electrons. The SMILES string of the molecule is Cn1ncc(N)c1NS(=O)(=O)c1cccc(C(F)(F)F)c1. The second-order valence-corrected chi connectivity index (χ2v) is 5.89. The molecule has 0 aliphatic carbocycles. The van der Waals surface area contributed by atoms with Crippen molar-refractivity contribution in [2.75, 3.05) is 10.5 Å². The summed E-state index contributed by atoms with van der Waals surface area (Å²) in [6.45, 7) is 0. The number of nitrogen functional groups attached to an aromatic ring is 1. The summed E-state index contributed by atoms with van der Waals surface area (Å²) in [6.07, 6.45) is -3.40. The third-order valence-electron chi connectivity index (χ3n) is 2.67. The van der Waals surface area contributed by atoms with E-state index in [1.807, 2.05) is 0 Å². The van der Waals surface area contributed by atoms with Crippen LogP contribution in [0.4, 0.5) is 24.7 Å². The Morgan fingerprint density at radius 2 is 2.00 bits per heavy atom. The van der Waals surface area contributed by atoms with Gasteiger partial charge in [0.15, 0.2) is 5.82 Å². The van der Waals surface area contributed by atoms with E-state index >= 15 is 0 Å². The summed E-state index contributed by atoms with van der Waals surface area (Å²) in [5.74, 6) is -0.0209. The van der Waals surface area contributed by atoms with Gasteiger partial charge in [-0.2, -0.15) is 18.3 Å². The Bertz CT molecular complexity index is 749. The minimum Gasteiger partial charge on any atom is -0.394 e. The van der Waals surface area contributed by atoms with Gasteiger partial charge in [-0.25, -0.2) is 8.42 Å². The predicted molar refractivity (Wildman–Crippen MR) is 69.9 cm³/mol. The van der Waals surface area contributed by atoms with Gasteiger partial charge in [0, 0.05) is 7.05 Å². The smallest absolute Gasteiger partial charge is 0.394 e. The van der Waals surface area contributed by atoms with Crippen molar-refractivity contribution in [2.45, 2.75) is 11.1 Å². The summed E-state index contributed by atoms with van der Waals surface area (Å²) in [5, 5.41) is 3.74. The number of rotatable bonds is 3. The van der Waals surface area contributed by atoms with Crippen molar-refractivity contribution in [1.29, 1.82) is 0 Å². The lowest BCUT2D eigenvalue weighted by molar-refractivity contribution is -0.137. The lowest BCUT2D eigenvalue weighted by Crippen LogP contribution is -2.17. The average Bonchev–Trinajstić information content (AvgIpc) is 2.69. The molecule has 0 atom stereocenters. The first-order valence-electron chi connectivity index (χ1n) is 5.59. The highest BCUT2D eigenvalue weighted by Crippen LogP contribution is 2.31. The van der Waals surface area contributed by atoms with Gasteiger partial charge in [0.1, 0.15) is 0 Å². The van der Waals surface area contributed by atoms with Gasteiger partial charge >= 0.3 is 6.18 Å². The second kappa shape index (κ2) is 4.95. The Hall–Kier alpha value is -2.23. The standard InChI is InChI=1S/C11H11F3N4O2S/c1-18-10(9(15)6-16-18)17-21(19,20)8-4-2-3-7(5-8)11(12,13)14/h2-6,17H,15H2,1H3. The molecule has 6 nitrogen and oxygen atoms in total. The van der Waals surface area contributed by atoms with Crippen LogP contribution in [-0.2, 0) is 23.2 Å². The molecule has 0 radical (unpaired) electrons. The second-order valence-electron chi connectivity index (χ2n) is 4.20. The monoisotopic (exact) mass is 320 g/mol. The van der Waals surface area contributed by atoms with Crippen LogP contribution in [0.15, 0.2) is 35.4 Å². The van der Waals surface area contributed by atoms with Crippen molar-refractivity contribution < 1.29 is 21.6 Å². The predicted octanol–water partition coefficient (Wildman–Crippen LogP) is 1.82. The van der Waals surface area contributed by atoms with Crippen LogP contribution in [0.1, 0.15) is 5.56 Å². The number of anilines is 2. The number of nitrogens with two attached hydrogens (primary N) is 1. The van der Waals surface area contributed by atoms with Crippen LogP contribution < -0.4 is 10.5 Å². The fraction of sp³-hybridized carbons (Fsp3) is 0.182. The molecule has 0 unspecified atom stereocenters. The first kappa shape index (κ1) is 15.2. The number of halogens is 3. The number of aryl methyl sites for hydroxylation is 1. The topological polar surface area (TPSA) is 90.0 Å². The molecule has 10 heteroatoms. The maximum Gasteiger partial charge on any atom is 0.416 e. The molecule has 0 aliphatic heterocycles. The maximum atomic E-state index is 12.6. The summed E-state index contributed by atoms with van der Waals surface area (Å²) >= 11 is 0. The van der Waals surface area contributed by atoms with Crippen molar-refractivity contribution in [2.24, 2.45) is 7.05 Å². The van der Waals surface area contributed by atoms with Gasteiger partial charge < -0.3 is 5.73 Å². The summed E-state index contributed by atoms with van der Waals surface area (Å²) in [6, 6.07) is 3.42. The fourth-order valence-corrected chi connectivity index (χ4v) is 2.77. The third-order valence-corrected chi connectivity index (χ3v) is 4.01. The van der Waals surface area contributed by atoms with Gasteiger partial charge in [0.2, 0.25) is 0 Å². The minimum atomic E-state index is -4.63. The largest absolute Gasteiger partial charge is 0.416 e. The van der Waals surface area contributed by atoms with Crippen molar-refractivity contribution in [3.8, 4) is 0 Å². The van der Waals surface area contributed by atoms with Crippen molar-refractivity contribution in [3.63, 3.8) is 0 Å². The van der Waals surface area contributed by atoms with Crippen LogP contribution in [0.3, 0.4) is 0 Å². The van der Waals surface area contributed by atoms with E-state index in [4.69, 9.17) is 5.73 Å². The molecule has 1 heterocycles. The molecular weight excluding hydrogens is 309 g/mol. The molecule has 0 fully saturated rings. The van der Waals surface area contributed by atoms with E-state index in [2.05, 4.69) is 9.82 Å². The Labute approximate surface area is 118 Å². The number of benzene rings is 1. The maximum absolute atomic E-state index is 12.6. The van der Waals surface area contributed by atoms with Crippen LogP contribution in [0, 0.1) is 0 Å². The lowest BCUT2D eigenvalue weighted by atomic mass is 10.2. The Morgan fingerprint density at radius 3 is 2.52 bits per heavy atom. The van der Waals surface area contributed by atoms with Gasteiger partial charge in [-0.15, -0.1) is 0 Å². The Morgan fingerprint density at radius 1 is 1.33 bits per heavy atom. The molecule has 21 heavy (non-hydrogen) atoms. The van der Waals surface area contributed by atoms with E-state index in [0.717, 1.165) is 18.2 Å². The third kappa shape index (κ3) is 3.10. The van der Waals surface area contributed by atoms with Crippen molar-refractivity contribution in [1.82, 2.24) is 9.78 Å². The van der Waals surface area contributed by atoms with E-state index < -0.39 is 26.7 Å². The minimum absolute atomic E-state index is 0.0209. The molecular formula is C11H11F3N4O2S. The highest BCUT2D eigenvalue weighted by atomic mass is 32.2. The van der Waals surface area contributed by atoms with E-state index in [1.165, 1.54) is 17.9 Å². The quantitative estimate of drug-likeness (QED) is 0.902. The van der Waals surface area contributed by atoms with E-state index in [0.29, 0.717) is 6.07 Å². The van der Waals surface area contributed by atoms with Gasteiger partial charge in [-0.3, -0.25) is 9.40 Å².